The smallest absolute Gasteiger partial charge is 0.0992 e. The van der Waals surface area contributed by atoms with Gasteiger partial charge >= 0.3 is 0 Å². The summed E-state index contributed by atoms with van der Waals surface area (Å²) in [5.74, 6) is 1.72. The summed E-state index contributed by atoms with van der Waals surface area (Å²) in [6.45, 7) is 3.09. The highest BCUT2D eigenvalue weighted by molar-refractivity contribution is 7.98. The van der Waals surface area contributed by atoms with Crippen molar-refractivity contribution < 1.29 is 0 Å². The van der Waals surface area contributed by atoms with Gasteiger partial charge in [0.15, 0.2) is 0 Å². The molecule has 1 aromatic carbocycles. The molecule has 0 saturated carbocycles. The first kappa shape index (κ1) is 13.2. The number of benzene rings is 1. The SMILES string of the molecule is CSCC(C)CNc1ccc(C#N)cc1Cl. The number of nitriles is 1. The van der Waals surface area contributed by atoms with Crippen molar-refractivity contribution in [2.75, 3.05) is 23.9 Å². The summed E-state index contributed by atoms with van der Waals surface area (Å²) in [6.07, 6.45) is 2.10. The van der Waals surface area contributed by atoms with E-state index in [0.29, 0.717) is 16.5 Å². The number of hydrogen-bond acceptors (Lipinski definition) is 3. The van der Waals surface area contributed by atoms with Crippen molar-refractivity contribution in [3.63, 3.8) is 0 Å². The zero-order chi connectivity index (χ0) is 12.0. The molecule has 2 nitrogen and oxygen atoms in total. The first-order valence-electron chi connectivity index (χ1n) is 5.09. The van der Waals surface area contributed by atoms with Gasteiger partial charge < -0.3 is 5.32 Å². The quantitative estimate of drug-likeness (QED) is 0.872. The van der Waals surface area contributed by atoms with Crippen molar-refractivity contribution >= 4 is 29.1 Å². The fourth-order valence-electron chi connectivity index (χ4n) is 1.36. The summed E-state index contributed by atoms with van der Waals surface area (Å²) >= 11 is 7.89. The third-order valence-electron chi connectivity index (χ3n) is 2.19. The van der Waals surface area contributed by atoms with E-state index in [1.165, 1.54) is 0 Å². The molecule has 1 aromatic rings. The average Bonchev–Trinajstić information content (AvgIpc) is 2.27. The van der Waals surface area contributed by atoms with E-state index in [-0.39, 0.29) is 0 Å². The first-order chi connectivity index (χ1) is 7.67. The zero-order valence-electron chi connectivity index (χ0n) is 9.46. The topological polar surface area (TPSA) is 35.8 Å². The second kappa shape index (κ2) is 6.67. The Balaban J connectivity index is 2.58. The lowest BCUT2D eigenvalue weighted by Crippen LogP contribution is -2.13. The number of thioether (sulfide) groups is 1. The normalized spacial score (nSPS) is 11.9. The predicted molar refractivity (Wildman–Crippen MR) is 72.2 cm³/mol. The zero-order valence-corrected chi connectivity index (χ0v) is 11.0. The number of anilines is 1. The molecule has 0 heterocycles. The van der Waals surface area contributed by atoms with Gasteiger partial charge in [0.1, 0.15) is 0 Å². The highest BCUT2D eigenvalue weighted by atomic mass is 35.5. The minimum Gasteiger partial charge on any atom is -0.384 e. The highest BCUT2D eigenvalue weighted by Gasteiger charge is 2.04. The Morgan fingerprint density at radius 3 is 2.88 bits per heavy atom. The van der Waals surface area contributed by atoms with E-state index in [1.807, 2.05) is 17.8 Å². The van der Waals surface area contributed by atoms with Crippen LogP contribution in [0.3, 0.4) is 0 Å². The van der Waals surface area contributed by atoms with Crippen LogP contribution in [0.25, 0.3) is 0 Å². The molecule has 0 spiro atoms. The maximum absolute atomic E-state index is 8.71. The summed E-state index contributed by atoms with van der Waals surface area (Å²) in [5.41, 5.74) is 1.49. The van der Waals surface area contributed by atoms with Crippen LogP contribution in [0.2, 0.25) is 5.02 Å². The van der Waals surface area contributed by atoms with Crippen LogP contribution in [-0.4, -0.2) is 18.6 Å². The molecule has 0 amide bonds. The Morgan fingerprint density at radius 1 is 1.56 bits per heavy atom. The van der Waals surface area contributed by atoms with E-state index in [9.17, 15) is 0 Å². The third-order valence-corrected chi connectivity index (χ3v) is 3.41. The molecule has 0 aliphatic rings. The van der Waals surface area contributed by atoms with Crippen LogP contribution in [0.15, 0.2) is 18.2 Å². The van der Waals surface area contributed by atoms with Gasteiger partial charge in [-0.15, -0.1) is 0 Å². The number of rotatable bonds is 5. The molecular formula is C12H15ClN2S. The molecule has 0 aliphatic carbocycles. The lowest BCUT2D eigenvalue weighted by atomic mass is 10.2. The molecule has 0 radical (unpaired) electrons. The number of halogens is 1. The van der Waals surface area contributed by atoms with Gasteiger partial charge in [-0.1, -0.05) is 18.5 Å². The van der Waals surface area contributed by atoms with E-state index in [2.05, 4.69) is 24.6 Å². The Kier molecular flexibility index (Phi) is 5.51. The van der Waals surface area contributed by atoms with E-state index in [0.717, 1.165) is 18.0 Å². The summed E-state index contributed by atoms with van der Waals surface area (Å²) in [5, 5.41) is 12.6. The van der Waals surface area contributed by atoms with E-state index in [1.54, 1.807) is 12.1 Å². The standard InChI is InChI=1S/C12H15ClN2S/c1-9(8-16-2)7-15-12-4-3-10(6-14)5-11(12)13/h3-5,9,15H,7-8H2,1-2H3. The van der Waals surface area contributed by atoms with Crippen LogP contribution < -0.4 is 5.32 Å². The second-order valence-corrected chi connectivity index (χ2v) is 5.07. The molecule has 1 rings (SSSR count). The number of nitrogens with zero attached hydrogens (tertiary/aromatic N) is 1. The van der Waals surface area contributed by atoms with Gasteiger partial charge in [-0.25, -0.2) is 0 Å². The lowest BCUT2D eigenvalue weighted by molar-refractivity contribution is 0.701. The highest BCUT2D eigenvalue weighted by Crippen LogP contribution is 2.23. The fraction of sp³-hybridized carbons (Fsp3) is 0.417. The molecule has 1 N–H and O–H groups in total. The summed E-state index contributed by atoms with van der Waals surface area (Å²) in [7, 11) is 0. The Morgan fingerprint density at radius 2 is 2.31 bits per heavy atom. The van der Waals surface area contributed by atoms with Crippen LogP contribution in [0.1, 0.15) is 12.5 Å². The third kappa shape index (κ3) is 3.96. The van der Waals surface area contributed by atoms with Crippen molar-refractivity contribution in [1.82, 2.24) is 0 Å². The summed E-state index contributed by atoms with van der Waals surface area (Å²) < 4.78 is 0. The number of hydrogen-bond donors (Lipinski definition) is 1. The first-order valence-corrected chi connectivity index (χ1v) is 6.87. The molecule has 86 valence electrons. The van der Waals surface area contributed by atoms with Crippen LogP contribution in [0, 0.1) is 17.2 Å². The molecule has 1 atom stereocenters. The molecule has 16 heavy (non-hydrogen) atoms. The molecule has 0 bridgehead atoms. The average molecular weight is 255 g/mol. The van der Waals surface area contributed by atoms with Crippen molar-refractivity contribution in [1.29, 1.82) is 5.26 Å². The van der Waals surface area contributed by atoms with Gasteiger partial charge in [0.05, 0.1) is 22.3 Å². The minimum atomic E-state index is 0.590. The van der Waals surface area contributed by atoms with Crippen LogP contribution >= 0.6 is 23.4 Å². The van der Waals surface area contributed by atoms with Gasteiger partial charge in [-0.05, 0) is 36.1 Å². The van der Waals surface area contributed by atoms with Gasteiger partial charge in [-0.3, -0.25) is 0 Å². The van der Waals surface area contributed by atoms with Crippen LogP contribution in [0.5, 0.6) is 0 Å². The van der Waals surface area contributed by atoms with Gasteiger partial charge in [0.25, 0.3) is 0 Å². The molecule has 0 aliphatic heterocycles. The second-order valence-electron chi connectivity index (χ2n) is 3.75. The Hall–Kier alpha value is -0.850. The molecule has 0 aromatic heterocycles. The monoisotopic (exact) mass is 254 g/mol. The maximum atomic E-state index is 8.71. The minimum absolute atomic E-state index is 0.590. The van der Waals surface area contributed by atoms with E-state index < -0.39 is 0 Å². The van der Waals surface area contributed by atoms with Crippen molar-refractivity contribution in [3.05, 3.63) is 28.8 Å². The molecular weight excluding hydrogens is 240 g/mol. The Bertz CT molecular complexity index is 387. The van der Waals surface area contributed by atoms with Gasteiger partial charge in [0.2, 0.25) is 0 Å². The van der Waals surface area contributed by atoms with Crippen molar-refractivity contribution in [3.8, 4) is 6.07 Å². The predicted octanol–water partition coefficient (Wildman–Crippen LogP) is 3.62. The van der Waals surface area contributed by atoms with Gasteiger partial charge in [-0.2, -0.15) is 17.0 Å². The Labute approximate surface area is 106 Å². The van der Waals surface area contributed by atoms with Crippen molar-refractivity contribution in [2.45, 2.75) is 6.92 Å². The van der Waals surface area contributed by atoms with E-state index >= 15 is 0 Å². The van der Waals surface area contributed by atoms with Crippen LogP contribution in [0.4, 0.5) is 5.69 Å². The summed E-state index contributed by atoms with van der Waals surface area (Å²) in [6, 6.07) is 7.37. The van der Waals surface area contributed by atoms with Gasteiger partial charge in [0, 0.05) is 6.54 Å². The fourth-order valence-corrected chi connectivity index (χ4v) is 2.29. The molecule has 0 saturated heterocycles. The number of nitrogens with one attached hydrogen (secondary N) is 1. The molecule has 1 unspecified atom stereocenters. The largest absolute Gasteiger partial charge is 0.384 e. The maximum Gasteiger partial charge on any atom is 0.0992 e. The van der Waals surface area contributed by atoms with E-state index in [4.69, 9.17) is 16.9 Å². The van der Waals surface area contributed by atoms with Crippen LogP contribution in [-0.2, 0) is 0 Å². The lowest BCUT2D eigenvalue weighted by Gasteiger charge is -2.13. The molecule has 0 fully saturated rings. The summed E-state index contributed by atoms with van der Waals surface area (Å²) in [4.78, 5) is 0. The molecule has 4 heteroatoms. The van der Waals surface area contributed by atoms with Crippen molar-refractivity contribution in [2.24, 2.45) is 5.92 Å².